The molecule has 0 radical (unpaired) electrons. The molecule has 1 unspecified atom stereocenters. The Kier molecular flexibility index (Phi) is 60.1. The van der Waals surface area contributed by atoms with Crippen LogP contribution in [0.15, 0.2) is 194 Å². The van der Waals surface area contributed by atoms with Crippen LogP contribution >= 0.6 is 0 Å². The molecule has 0 fully saturated rings. The highest BCUT2D eigenvalue weighted by Crippen LogP contribution is 2.13. The van der Waals surface area contributed by atoms with Crippen LogP contribution in [0.4, 0.5) is 0 Å². The molecule has 0 bridgehead atoms. The highest BCUT2D eigenvalue weighted by Gasteiger charge is 2.19. The quantitative estimate of drug-likeness (QED) is 0.0261. The van der Waals surface area contributed by atoms with Gasteiger partial charge in [-0.1, -0.05) is 254 Å². The summed E-state index contributed by atoms with van der Waals surface area (Å²) >= 11 is 0. The summed E-state index contributed by atoms with van der Waals surface area (Å²) < 4.78 is 16.8. The molecule has 0 spiro atoms. The average Bonchev–Trinajstić information content (AvgIpc) is 3.45. The van der Waals surface area contributed by atoms with Gasteiger partial charge >= 0.3 is 17.9 Å². The summed E-state index contributed by atoms with van der Waals surface area (Å²) in [6.45, 7) is 6.17. The van der Waals surface area contributed by atoms with E-state index in [1.165, 1.54) is 25.7 Å². The summed E-state index contributed by atoms with van der Waals surface area (Å²) in [6.07, 6.45) is 98.6. The van der Waals surface area contributed by atoms with Crippen molar-refractivity contribution >= 4 is 17.9 Å². The summed E-state index contributed by atoms with van der Waals surface area (Å²) in [5.74, 6) is -1.08. The SMILES string of the molecule is CC/C=C\C/C=C\C/C=C\C/C=C\C/C=C\C/C=C\CCCCC(=O)OCC(COC(=O)CC/C=C\C/C=C\C/C=C\C/C=C\C/C=C\C/C=C\CC)OC(=O)CCCCCCCCCC/C=C\C/C=C\C/C=C\C/C=C\CC. The molecule has 0 N–H and O–H groups in total. The van der Waals surface area contributed by atoms with Crippen LogP contribution in [0.5, 0.6) is 0 Å². The first kappa shape index (κ1) is 73.2. The summed E-state index contributed by atoms with van der Waals surface area (Å²) in [7, 11) is 0. The predicted molar refractivity (Wildman–Crippen MR) is 343 cm³/mol. The van der Waals surface area contributed by atoms with Crippen molar-refractivity contribution in [3.63, 3.8) is 0 Å². The van der Waals surface area contributed by atoms with Crippen molar-refractivity contribution in [1.82, 2.24) is 0 Å². The molecule has 0 saturated heterocycles. The monoisotopic (exact) mass is 1080 g/mol. The van der Waals surface area contributed by atoms with Gasteiger partial charge in [-0.05, 0) is 148 Å². The van der Waals surface area contributed by atoms with Crippen LogP contribution in [-0.4, -0.2) is 37.2 Å². The van der Waals surface area contributed by atoms with Crippen molar-refractivity contribution < 1.29 is 28.6 Å². The molecule has 0 aliphatic carbocycles. The number of hydrogen-bond acceptors (Lipinski definition) is 6. The molecular formula is C73H110O6. The Hall–Kier alpha value is -5.75. The second-order valence-corrected chi connectivity index (χ2v) is 19.5. The number of allylic oxidation sites excluding steroid dienone is 32. The van der Waals surface area contributed by atoms with Crippen LogP contribution in [0.3, 0.4) is 0 Å². The first-order valence-electron chi connectivity index (χ1n) is 30.9. The van der Waals surface area contributed by atoms with Crippen molar-refractivity contribution in [3.05, 3.63) is 194 Å². The van der Waals surface area contributed by atoms with E-state index >= 15 is 0 Å². The van der Waals surface area contributed by atoms with Gasteiger partial charge in [0.15, 0.2) is 6.10 Å². The van der Waals surface area contributed by atoms with E-state index in [0.29, 0.717) is 12.8 Å². The Bertz CT molecular complexity index is 1920. The maximum absolute atomic E-state index is 12.9. The van der Waals surface area contributed by atoms with Crippen molar-refractivity contribution in [2.45, 2.75) is 232 Å². The molecule has 438 valence electrons. The minimum atomic E-state index is -0.846. The molecule has 0 amide bonds. The molecule has 79 heavy (non-hydrogen) atoms. The number of rotatable bonds is 53. The zero-order valence-corrected chi connectivity index (χ0v) is 50.0. The lowest BCUT2D eigenvalue weighted by Gasteiger charge is -2.18. The van der Waals surface area contributed by atoms with E-state index in [0.717, 1.165) is 148 Å². The normalized spacial score (nSPS) is 13.5. The molecular weight excluding hydrogens is 973 g/mol. The van der Waals surface area contributed by atoms with Gasteiger partial charge in [-0.2, -0.15) is 0 Å². The molecule has 0 aromatic rings. The first-order valence-corrected chi connectivity index (χ1v) is 30.9. The Balaban J connectivity index is 4.63. The van der Waals surface area contributed by atoms with Crippen molar-refractivity contribution in [1.29, 1.82) is 0 Å². The van der Waals surface area contributed by atoms with Crippen LogP contribution in [0.25, 0.3) is 0 Å². The van der Waals surface area contributed by atoms with Gasteiger partial charge in [-0.15, -0.1) is 0 Å². The fourth-order valence-electron chi connectivity index (χ4n) is 7.58. The largest absolute Gasteiger partial charge is 0.462 e. The van der Waals surface area contributed by atoms with E-state index in [4.69, 9.17) is 14.2 Å². The average molecular weight is 1080 g/mol. The van der Waals surface area contributed by atoms with E-state index in [9.17, 15) is 14.4 Å². The lowest BCUT2D eigenvalue weighted by atomic mass is 10.1. The zero-order valence-electron chi connectivity index (χ0n) is 50.0. The summed E-state index contributed by atoms with van der Waals surface area (Å²) in [5.41, 5.74) is 0. The molecule has 0 saturated carbocycles. The number of unbranched alkanes of at least 4 members (excludes halogenated alkanes) is 10. The fraction of sp³-hybridized carbons (Fsp3) is 0.521. The van der Waals surface area contributed by atoms with Crippen molar-refractivity contribution in [2.24, 2.45) is 0 Å². The standard InChI is InChI=1S/C73H110O6/c1-4-7-10-13-16-19-22-25-28-31-34-36-39-42-45-48-51-54-57-60-63-66-72(75)78-69-70(68-77-71(74)65-62-59-56-53-50-47-44-41-38-33-30-27-24-21-18-15-12-9-6-3)79-73(76)67-64-61-58-55-52-49-46-43-40-37-35-32-29-26-23-20-17-14-11-8-5-2/h7-12,16-21,25-30,34-38,41-42,45,47,50-51,54,56,59,70H,4-6,13-15,22-24,31-33,39-40,43-44,46,48-49,52-53,55,57-58,60-69H2,1-3H3/b10-7-,11-8-,12-9-,19-16-,20-17-,21-18-,28-25-,29-26-,30-27-,36-34-,37-35-,41-38-,45-42-,50-47-,54-51-,59-56-. The minimum Gasteiger partial charge on any atom is -0.462 e. The van der Waals surface area contributed by atoms with E-state index in [-0.39, 0.29) is 50.4 Å². The fourth-order valence-corrected chi connectivity index (χ4v) is 7.58. The molecule has 1 atom stereocenters. The van der Waals surface area contributed by atoms with E-state index in [2.05, 4.69) is 203 Å². The van der Waals surface area contributed by atoms with Crippen LogP contribution < -0.4 is 0 Å². The third kappa shape index (κ3) is 63.0. The van der Waals surface area contributed by atoms with Crippen LogP contribution in [0.2, 0.25) is 0 Å². The Morgan fingerprint density at radius 2 is 0.481 bits per heavy atom. The molecule has 0 heterocycles. The predicted octanol–water partition coefficient (Wildman–Crippen LogP) is 21.4. The topological polar surface area (TPSA) is 78.9 Å². The number of carbonyl (C=O) groups is 3. The maximum Gasteiger partial charge on any atom is 0.306 e. The molecule has 0 aliphatic heterocycles. The smallest absolute Gasteiger partial charge is 0.306 e. The van der Waals surface area contributed by atoms with Gasteiger partial charge < -0.3 is 14.2 Å². The Morgan fingerprint density at radius 3 is 0.810 bits per heavy atom. The molecule has 0 aromatic heterocycles. The lowest BCUT2D eigenvalue weighted by Crippen LogP contribution is -2.30. The van der Waals surface area contributed by atoms with Gasteiger partial charge in [0.1, 0.15) is 13.2 Å². The summed E-state index contributed by atoms with van der Waals surface area (Å²) in [6, 6.07) is 0. The summed E-state index contributed by atoms with van der Waals surface area (Å²) in [5, 5.41) is 0. The molecule has 0 rings (SSSR count). The third-order valence-corrected chi connectivity index (χ3v) is 12.1. The summed E-state index contributed by atoms with van der Waals surface area (Å²) in [4.78, 5) is 38.3. The van der Waals surface area contributed by atoms with Gasteiger partial charge in [0, 0.05) is 19.3 Å². The molecule has 6 heteroatoms. The number of carbonyl (C=O) groups excluding carboxylic acids is 3. The molecule has 0 aliphatic rings. The number of esters is 3. The van der Waals surface area contributed by atoms with Gasteiger partial charge in [-0.3, -0.25) is 14.4 Å². The van der Waals surface area contributed by atoms with Crippen LogP contribution in [-0.2, 0) is 28.6 Å². The highest BCUT2D eigenvalue weighted by atomic mass is 16.6. The molecule has 0 aromatic carbocycles. The van der Waals surface area contributed by atoms with Crippen molar-refractivity contribution in [3.8, 4) is 0 Å². The van der Waals surface area contributed by atoms with Gasteiger partial charge in [0.25, 0.3) is 0 Å². The first-order chi connectivity index (χ1) is 39.0. The van der Waals surface area contributed by atoms with Crippen LogP contribution in [0, 0.1) is 0 Å². The van der Waals surface area contributed by atoms with Crippen LogP contribution in [0.1, 0.15) is 226 Å². The Morgan fingerprint density at radius 1 is 0.253 bits per heavy atom. The second-order valence-electron chi connectivity index (χ2n) is 19.5. The zero-order chi connectivity index (χ0) is 57.1. The van der Waals surface area contributed by atoms with Gasteiger partial charge in [0.05, 0.1) is 0 Å². The number of ether oxygens (including phenoxy) is 3. The third-order valence-electron chi connectivity index (χ3n) is 12.1. The number of hydrogen-bond donors (Lipinski definition) is 0. The Labute approximate surface area is 484 Å². The molecule has 6 nitrogen and oxygen atoms in total. The van der Waals surface area contributed by atoms with Gasteiger partial charge in [-0.25, -0.2) is 0 Å². The van der Waals surface area contributed by atoms with Crippen molar-refractivity contribution in [2.75, 3.05) is 13.2 Å². The highest BCUT2D eigenvalue weighted by molar-refractivity contribution is 5.71. The minimum absolute atomic E-state index is 0.138. The van der Waals surface area contributed by atoms with E-state index < -0.39 is 6.10 Å². The second kappa shape index (κ2) is 64.8. The lowest BCUT2D eigenvalue weighted by molar-refractivity contribution is -0.166. The maximum atomic E-state index is 12.9. The van der Waals surface area contributed by atoms with E-state index in [1.54, 1.807) is 0 Å². The van der Waals surface area contributed by atoms with Gasteiger partial charge in [0.2, 0.25) is 0 Å². The van der Waals surface area contributed by atoms with E-state index in [1.807, 2.05) is 12.2 Å².